The van der Waals surface area contributed by atoms with E-state index in [1.165, 1.54) is 31.2 Å². The highest BCUT2D eigenvalue weighted by Gasteiger charge is 2.50. The van der Waals surface area contributed by atoms with Gasteiger partial charge in [0.2, 0.25) is 0 Å². The summed E-state index contributed by atoms with van der Waals surface area (Å²) >= 11 is 0. The van der Waals surface area contributed by atoms with Crippen molar-refractivity contribution in [3.05, 3.63) is 24.3 Å². The molecular weight excluding hydrogens is 408 g/mol. The molecule has 9 heteroatoms. The van der Waals surface area contributed by atoms with Crippen LogP contribution in [0.2, 0.25) is 0 Å². The van der Waals surface area contributed by atoms with Gasteiger partial charge in [0.1, 0.15) is 6.42 Å². The van der Waals surface area contributed by atoms with Crippen LogP contribution >= 0.6 is 0 Å². The van der Waals surface area contributed by atoms with Gasteiger partial charge in [-0.2, -0.15) is 0 Å². The summed E-state index contributed by atoms with van der Waals surface area (Å²) in [6.45, 7) is 6.11. The first-order valence-electron chi connectivity index (χ1n) is 10.4. The molecule has 1 rings (SSSR count). The number of carbonyl (C=O) groups excluding carboxylic acids is 4. The second kappa shape index (κ2) is 12.9. The Morgan fingerprint density at radius 2 is 1.74 bits per heavy atom. The number of rotatable bonds is 12. The molecular formula is C22H32O9. The number of aliphatic hydroxyl groups excluding tert-OH is 1. The van der Waals surface area contributed by atoms with Crippen molar-refractivity contribution in [3.8, 4) is 0 Å². The molecule has 0 aromatic heterocycles. The van der Waals surface area contributed by atoms with Crippen molar-refractivity contribution in [2.45, 2.75) is 83.7 Å². The Kier molecular flexibility index (Phi) is 11.0. The predicted octanol–water partition coefficient (Wildman–Crippen LogP) is 2.15. The van der Waals surface area contributed by atoms with E-state index in [2.05, 4.69) is 0 Å². The summed E-state index contributed by atoms with van der Waals surface area (Å²) in [4.78, 5) is 47.2. The van der Waals surface area contributed by atoms with Gasteiger partial charge in [0, 0.05) is 13.8 Å². The number of carbonyl (C=O) groups is 4. The molecule has 4 atom stereocenters. The average molecular weight is 440 g/mol. The molecule has 0 saturated carbocycles. The van der Waals surface area contributed by atoms with Crippen LogP contribution in [0.4, 0.5) is 0 Å². The maximum absolute atomic E-state index is 12.4. The average Bonchev–Trinajstić information content (AvgIpc) is 2.97. The Morgan fingerprint density at radius 3 is 2.32 bits per heavy atom. The smallest absolute Gasteiger partial charge is 0.318 e. The lowest BCUT2D eigenvalue weighted by molar-refractivity contribution is -0.182. The number of esters is 4. The van der Waals surface area contributed by atoms with Crippen LogP contribution in [0.15, 0.2) is 24.3 Å². The number of hydrogen-bond donors (Lipinski definition) is 1. The molecule has 0 radical (unpaired) electrons. The van der Waals surface area contributed by atoms with Crippen molar-refractivity contribution in [1.82, 2.24) is 0 Å². The highest BCUT2D eigenvalue weighted by atomic mass is 16.6. The highest BCUT2D eigenvalue weighted by Crippen LogP contribution is 2.34. The predicted molar refractivity (Wildman–Crippen MR) is 110 cm³/mol. The van der Waals surface area contributed by atoms with Crippen LogP contribution in [0.1, 0.15) is 59.8 Å². The molecule has 1 aliphatic rings. The van der Waals surface area contributed by atoms with Crippen LogP contribution < -0.4 is 0 Å². The summed E-state index contributed by atoms with van der Waals surface area (Å²) in [6, 6.07) is 0. The summed E-state index contributed by atoms with van der Waals surface area (Å²) in [7, 11) is 0. The Labute approximate surface area is 182 Å². The maximum Gasteiger partial charge on any atom is 0.318 e. The molecule has 0 fully saturated rings. The SMILES string of the molecule is CCCCCC(O)C=C[C@]1(OC(=O)CC(=O)OCC)C=C[C@H](OC(C)=O)[C@@H]1OC(C)=O. The zero-order chi connectivity index (χ0) is 23.4. The number of aliphatic hydroxyl groups is 1. The van der Waals surface area contributed by atoms with E-state index >= 15 is 0 Å². The van der Waals surface area contributed by atoms with E-state index in [1.807, 2.05) is 6.92 Å². The third-order valence-electron chi connectivity index (χ3n) is 4.45. The molecule has 1 N–H and O–H groups in total. The first-order valence-corrected chi connectivity index (χ1v) is 10.4. The third kappa shape index (κ3) is 8.92. The fourth-order valence-electron chi connectivity index (χ4n) is 3.13. The van der Waals surface area contributed by atoms with Gasteiger partial charge < -0.3 is 24.1 Å². The topological polar surface area (TPSA) is 125 Å². The van der Waals surface area contributed by atoms with Gasteiger partial charge in [-0.3, -0.25) is 19.2 Å². The standard InChI is InChI=1S/C22H32O9/c1-5-7-8-9-17(25)10-12-22(31-20(27)14-19(26)28-6-2)13-11-18(29-15(3)23)21(22)30-16(4)24/h10-13,17-18,21,25H,5-9,14H2,1-4H3/t17?,18-,21-,22-/m0/s1. The molecule has 0 amide bonds. The Balaban J connectivity index is 3.16. The van der Waals surface area contributed by atoms with Gasteiger partial charge in [0.25, 0.3) is 0 Å². The lowest BCUT2D eigenvalue weighted by Crippen LogP contribution is -2.49. The molecule has 0 heterocycles. The van der Waals surface area contributed by atoms with Gasteiger partial charge in [-0.1, -0.05) is 32.3 Å². The van der Waals surface area contributed by atoms with Gasteiger partial charge >= 0.3 is 23.9 Å². The van der Waals surface area contributed by atoms with Crippen LogP contribution in [0.3, 0.4) is 0 Å². The van der Waals surface area contributed by atoms with E-state index < -0.39 is 54.2 Å². The van der Waals surface area contributed by atoms with Crippen molar-refractivity contribution < 1.29 is 43.2 Å². The van der Waals surface area contributed by atoms with E-state index in [-0.39, 0.29) is 6.61 Å². The first kappa shape index (κ1) is 26.4. The lowest BCUT2D eigenvalue weighted by Gasteiger charge is -2.33. The van der Waals surface area contributed by atoms with Crippen molar-refractivity contribution in [1.29, 1.82) is 0 Å². The maximum atomic E-state index is 12.4. The van der Waals surface area contributed by atoms with Crippen molar-refractivity contribution in [2.75, 3.05) is 6.61 Å². The molecule has 31 heavy (non-hydrogen) atoms. The quantitative estimate of drug-likeness (QED) is 0.160. The van der Waals surface area contributed by atoms with Gasteiger partial charge in [0.15, 0.2) is 17.8 Å². The largest absolute Gasteiger partial charge is 0.466 e. The van der Waals surface area contributed by atoms with Crippen molar-refractivity contribution in [3.63, 3.8) is 0 Å². The van der Waals surface area contributed by atoms with Gasteiger partial charge in [-0.25, -0.2) is 0 Å². The summed E-state index contributed by atoms with van der Waals surface area (Å²) in [5.41, 5.74) is -1.67. The lowest BCUT2D eigenvalue weighted by atomic mass is 9.96. The summed E-state index contributed by atoms with van der Waals surface area (Å²) in [6.07, 6.45) is 5.19. The second-order valence-electron chi connectivity index (χ2n) is 7.19. The molecule has 0 spiro atoms. The van der Waals surface area contributed by atoms with Gasteiger partial charge in [-0.15, -0.1) is 0 Å². The number of hydrogen-bond acceptors (Lipinski definition) is 9. The van der Waals surface area contributed by atoms with Crippen LogP contribution in [0.25, 0.3) is 0 Å². The van der Waals surface area contributed by atoms with E-state index in [1.54, 1.807) is 6.92 Å². The number of unbranched alkanes of at least 4 members (excludes halogenated alkanes) is 2. The van der Waals surface area contributed by atoms with Crippen LogP contribution in [-0.2, 0) is 38.1 Å². The fourth-order valence-corrected chi connectivity index (χ4v) is 3.13. The minimum atomic E-state index is -1.67. The normalized spacial score (nSPS) is 23.4. The molecule has 1 unspecified atom stereocenters. The summed E-state index contributed by atoms with van der Waals surface area (Å²) in [5.74, 6) is -3.00. The third-order valence-corrected chi connectivity index (χ3v) is 4.45. The highest BCUT2D eigenvalue weighted by molar-refractivity contribution is 5.91. The Morgan fingerprint density at radius 1 is 1.06 bits per heavy atom. The zero-order valence-electron chi connectivity index (χ0n) is 18.5. The summed E-state index contributed by atoms with van der Waals surface area (Å²) in [5, 5.41) is 10.3. The fraction of sp³-hybridized carbons (Fsp3) is 0.636. The zero-order valence-corrected chi connectivity index (χ0v) is 18.5. The van der Waals surface area contributed by atoms with E-state index in [4.69, 9.17) is 18.9 Å². The molecule has 0 aliphatic heterocycles. The van der Waals surface area contributed by atoms with E-state index in [9.17, 15) is 24.3 Å². The van der Waals surface area contributed by atoms with Crippen molar-refractivity contribution in [2.24, 2.45) is 0 Å². The van der Waals surface area contributed by atoms with Crippen LogP contribution in [0.5, 0.6) is 0 Å². The first-order chi connectivity index (χ1) is 14.6. The minimum absolute atomic E-state index is 0.103. The van der Waals surface area contributed by atoms with Crippen LogP contribution in [-0.4, -0.2) is 59.5 Å². The number of ether oxygens (including phenoxy) is 4. The molecule has 1 aliphatic carbocycles. The van der Waals surface area contributed by atoms with E-state index in [0.717, 1.165) is 26.2 Å². The van der Waals surface area contributed by atoms with Gasteiger partial charge in [-0.05, 0) is 31.6 Å². The molecule has 174 valence electrons. The second-order valence-corrected chi connectivity index (χ2v) is 7.19. The molecule has 9 nitrogen and oxygen atoms in total. The van der Waals surface area contributed by atoms with E-state index in [0.29, 0.717) is 6.42 Å². The molecule has 0 bridgehead atoms. The Hall–Kier alpha value is -2.68. The van der Waals surface area contributed by atoms with Crippen molar-refractivity contribution >= 4 is 23.9 Å². The molecule has 0 saturated heterocycles. The molecule has 0 aromatic carbocycles. The monoisotopic (exact) mass is 440 g/mol. The summed E-state index contributed by atoms with van der Waals surface area (Å²) < 4.78 is 20.8. The Bertz CT molecular complexity index is 697. The molecule has 0 aromatic rings. The van der Waals surface area contributed by atoms with Gasteiger partial charge in [0.05, 0.1) is 12.7 Å². The minimum Gasteiger partial charge on any atom is -0.466 e. The van der Waals surface area contributed by atoms with Crippen LogP contribution in [0, 0.1) is 0 Å².